The Labute approximate surface area is 123 Å². The van der Waals surface area contributed by atoms with Crippen LogP contribution in [0.5, 0.6) is 0 Å². The maximum Gasteiger partial charge on any atom is 0.266 e. The van der Waals surface area contributed by atoms with Crippen LogP contribution in [0, 0.1) is 11.3 Å². The maximum absolute atomic E-state index is 12.1. The molecule has 0 atom stereocenters. The first-order valence-corrected chi connectivity index (χ1v) is 7.09. The average molecular weight is 336 g/mol. The quantitative estimate of drug-likeness (QED) is 0.899. The van der Waals surface area contributed by atoms with E-state index in [0.717, 1.165) is 10.2 Å². The Hall–Kier alpha value is -1.84. The number of hydrogen-bond acceptors (Lipinski definition) is 4. The number of benzene rings is 1. The third kappa shape index (κ3) is 2.95. The number of amides is 1. The smallest absolute Gasteiger partial charge is 0.266 e. The molecule has 0 radical (unpaired) electrons. The highest BCUT2D eigenvalue weighted by molar-refractivity contribution is 9.10. The molecule has 19 heavy (non-hydrogen) atoms. The van der Waals surface area contributed by atoms with E-state index in [1.165, 1.54) is 11.3 Å². The molecule has 1 amide bonds. The number of nitrogens with one attached hydrogen (secondary N) is 2. The van der Waals surface area contributed by atoms with Gasteiger partial charge in [-0.05, 0) is 45.6 Å². The molecule has 4 nitrogen and oxygen atoms in total. The normalized spacial score (nSPS) is 9.74. The van der Waals surface area contributed by atoms with Gasteiger partial charge in [-0.15, -0.1) is 11.3 Å². The van der Waals surface area contributed by atoms with E-state index in [1.807, 2.05) is 11.4 Å². The van der Waals surface area contributed by atoms with Crippen LogP contribution in [0.2, 0.25) is 0 Å². The SMILES string of the molecule is CNc1ccc(C#N)cc1NC(=O)c1sccc1Br. The average Bonchev–Trinajstić information content (AvgIpc) is 2.85. The summed E-state index contributed by atoms with van der Waals surface area (Å²) >= 11 is 4.68. The van der Waals surface area contributed by atoms with Gasteiger partial charge in [-0.3, -0.25) is 4.79 Å². The standard InChI is InChI=1S/C13H10BrN3OS/c1-16-10-3-2-8(7-15)6-11(10)17-13(18)12-9(14)4-5-19-12/h2-6,16H,1H3,(H,17,18). The van der Waals surface area contributed by atoms with Crippen molar-refractivity contribution in [2.24, 2.45) is 0 Å². The molecule has 1 heterocycles. The zero-order chi connectivity index (χ0) is 13.8. The van der Waals surface area contributed by atoms with Crippen molar-refractivity contribution in [1.29, 1.82) is 5.26 Å². The Morgan fingerprint density at radius 2 is 2.16 bits per heavy atom. The van der Waals surface area contributed by atoms with Crippen molar-refractivity contribution in [3.8, 4) is 6.07 Å². The van der Waals surface area contributed by atoms with E-state index >= 15 is 0 Å². The minimum atomic E-state index is -0.200. The molecule has 0 aliphatic heterocycles. The molecule has 0 saturated carbocycles. The summed E-state index contributed by atoms with van der Waals surface area (Å²) in [5.41, 5.74) is 1.85. The molecular weight excluding hydrogens is 326 g/mol. The Balaban J connectivity index is 2.30. The minimum Gasteiger partial charge on any atom is -0.386 e. The second kappa shape index (κ2) is 5.87. The summed E-state index contributed by atoms with van der Waals surface area (Å²) in [6, 6.07) is 8.98. The van der Waals surface area contributed by atoms with Crippen molar-refractivity contribution >= 4 is 44.5 Å². The van der Waals surface area contributed by atoms with E-state index in [4.69, 9.17) is 5.26 Å². The van der Waals surface area contributed by atoms with Crippen molar-refractivity contribution in [3.05, 3.63) is 44.6 Å². The van der Waals surface area contributed by atoms with Crippen LogP contribution in [0.25, 0.3) is 0 Å². The fourth-order valence-electron chi connectivity index (χ4n) is 1.57. The number of anilines is 2. The molecule has 0 spiro atoms. The van der Waals surface area contributed by atoms with E-state index in [0.29, 0.717) is 16.1 Å². The molecule has 2 aromatic rings. The van der Waals surface area contributed by atoms with Gasteiger partial charge in [0, 0.05) is 11.5 Å². The van der Waals surface area contributed by atoms with Crippen molar-refractivity contribution in [1.82, 2.24) is 0 Å². The van der Waals surface area contributed by atoms with Gasteiger partial charge in [0.25, 0.3) is 5.91 Å². The molecule has 6 heteroatoms. The van der Waals surface area contributed by atoms with Gasteiger partial charge >= 0.3 is 0 Å². The highest BCUT2D eigenvalue weighted by Crippen LogP contribution is 2.27. The lowest BCUT2D eigenvalue weighted by Crippen LogP contribution is -2.12. The van der Waals surface area contributed by atoms with Crippen molar-refractivity contribution in [2.75, 3.05) is 17.7 Å². The molecule has 1 aromatic heterocycles. The van der Waals surface area contributed by atoms with Crippen LogP contribution in [0.4, 0.5) is 11.4 Å². The molecule has 0 unspecified atom stereocenters. The summed E-state index contributed by atoms with van der Waals surface area (Å²) < 4.78 is 0.762. The lowest BCUT2D eigenvalue weighted by molar-refractivity contribution is 0.103. The van der Waals surface area contributed by atoms with Gasteiger partial charge < -0.3 is 10.6 Å². The van der Waals surface area contributed by atoms with Crippen LogP contribution < -0.4 is 10.6 Å². The largest absolute Gasteiger partial charge is 0.386 e. The molecule has 0 aliphatic carbocycles. The number of nitriles is 1. The molecule has 0 saturated heterocycles. The van der Waals surface area contributed by atoms with Crippen LogP contribution in [0.1, 0.15) is 15.2 Å². The van der Waals surface area contributed by atoms with Gasteiger partial charge in [0.2, 0.25) is 0 Å². The third-order valence-electron chi connectivity index (χ3n) is 2.49. The zero-order valence-corrected chi connectivity index (χ0v) is 12.4. The molecule has 0 bridgehead atoms. The molecule has 96 valence electrons. The second-order valence-corrected chi connectivity index (χ2v) is 5.44. The summed E-state index contributed by atoms with van der Waals surface area (Å²) in [4.78, 5) is 12.7. The lowest BCUT2D eigenvalue weighted by atomic mass is 10.2. The number of rotatable bonds is 3. The first kappa shape index (κ1) is 13.6. The lowest BCUT2D eigenvalue weighted by Gasteiger charge is -2.10. The summed E-state index contributed by atoms with van der Waals surface area (Å²) in [6.45, 7) is 0. The first-order chi connectivity index (χ1) is 9.15. The topological polar surface area (TPSA) is 64.9 Å². The Morgan fingerprint density at radius 3 is 2.74 bits per heavy atom. The van der Waals surface area contributed by atoms with Crippen molar-refractivity contribution < 1.29 is 4.79 Å². The molecule has 2 N–H and O–H groups in total. The van der Waals surface area contributed by atoms with Gasteiger partial charge in [0.05, 0.1) is 23.0 Å². The summed E-state index contributed by atoms with van der Waals surface area (Å²) in [6.07, 6.45) is 0. The van der Waals surface area contributed by atoms with E-state index in [1.54, 1.807) is 25.2 Å². The van der Waals surface area contributed by atoms with Crippen LogP contribution >= 0.6 is 27.3 Å². The van der Waals surface area contributed by atoms with Crippen LogP contribution in [-0.4, -0.2) is 13.0 Å². The fourth-order valence-corrected chi connectivity index (χ4v) is 3.02. The fraction of sp³-hybridized carbons (Fsp3) is 0.0769. The van der Waals surface area contributed by atoms with Gasteiger partial charge in [-0.1, -0.05) is 0 Å². The predicted molar refractivity (Wildman–Crippen MR) is 80.7 cm³/mol. The Morgan fingerprint density at radius 1 is 1.37 bits per heavy atom. The van der Waals surface area contributed by atoms with Gasteiger partial charge in [-0.25, -0.2) is 0 Å². The minimum absolute atomic E-state index is 0.200. The number of thiophene rings is 1. The molecule has 0 fully saturated rings. The van der Waals surface area contributed by atoms with Crippen LogP contribution in [-0.2, 0) is 0 Å². The third-order valence-corrected chi connectivity index (χ3v) is 4.33. The predicted octanol–water partition coefficient (Wildman–Crippen LogP) is 3.68. The summed E-state index contributed by atoms with van der Waals surface area (Å²) in [5, 5.41) is 16.5. The van der Waals surface area contributed by atoms with E-state index in [2.05, 4.69) is 32.6 Å². The number of carbonyl (C=O) groups excluding carboxylic acids is 1. The maximum atomic E-state index is 12.1. The number of hydrogen-bond donors (Lipinski definition) is 2. The van der Waals surface area contributed by atoms with E-state index < -0.39 is 0 Å². The second-order valence-electron chi connectivity index (χ2n) is 3.67. The van der Waals surface area contributed by atoms with Gasteiger partial charge in [-0.2, -0.15) is 5.26 Å². The molecular formula is C13H10BrN3OS. The summed E-state index contributed by atoms with van der Waals surface area (Å²) in [5.74, 6) is -0.200. The van der Waals surface area contributed by atoms with Crippen LogP contribution in [0.3, 0.4) is 0 Å². The summed E-state index contributed by atoms with van der Waals surface area (Å²) in [7, 11) is 1.76. The monoisotopic (exact) mass is 335 g/mol. The van der Waals surface area contributed by atoms with E-state index in [9.17, 15) is 4.79 Å². The Bertz CT molecular complexity index is 660. The first-order valence-electron chi connectivity index (χ1n) is 5.42. The number of nitrogens with zero attached hydrogens (tertiary/aromatic N) is 1. The highest BCUT2D eigenvalue weighted by atomic mass is 79.9. The van der Waals surface area contributed by atoms with Crippen molar-refractivity contribution in [3.63, 3.8) is 0 Å². The van der Waals surface area contributed by atoms with Gasteiger partial charge in [0.1, 0.15) is 4.88 Å². The zero-order valence-electron chi connectivity index (χ0n) is 10.0. The molecule has 1 aromatic carbocycles. The molecule has 0 aliphatic rings. The Kier molecular flexibility index (Phi) is 4.20. The van der Waals surface area contributed by atoms with E-state index in [-0.39, 0.29) is 5.91 Å². The number of carbonyl (C=O) groups is 1. The van der Waals surface area contributed by atoms with Gasteiger partial charge in [0.15, 0.2) is 0 Å². The van der Waals surface area contributed by atoms with Crippen molar-refractivity contribution in [2.45, 2.75) is 0 Å². The number of halogens is 1. The molecule has 2 rings (SSSR count). The highest BCUT2D eigenvalue weighted by Gasteiger charge is 2.13. The van der Waals surface area contributed by atoms with Crippen LogP contribution in [0.15, 0.2) is 34.1 Å².